The SMILES string of the molecule is CCOC(=O)[C@H](O)[C@@H](NCc1ccccc1)c1cccc(OC)c1. The Morgan fingerprint density at radius 1 is 1.17 bits per heavy atom. The number of hydrogen-bond donors (Lipinski definition) is 2. The van der Waals surface area contributed by atoms with E-state index in [1.54, 1.807) is 20.1 Å². The Hall–Kier alpha value is -2.37. The third kappa shape index (κ3) is 4.81. The molecule has 0 spiro atoms. The van der Waals surface area contributed by atoms with Crippen LogP contribution < -0.4 is 10.1 Å². The minimum Gasteiger partial charge on any atom is -0.497 e. The molecule has 0 aliphatic carbocycles. The van der Waals surface area contributed by atoms with Gasteiger partial charge in [-0.2, -0.15) is 0 Å². The van der Waals surface area contributed by atoms with Gasteiger partial charge in [-0.1, -0.05) is 42.5 Å². The van der Waals surface area contributed by atoms with E-state index < -0.39 is 18.1 Å². The summed E-state index contributed by atoms with van der Waals surface area (Å²) in [5.74, 6) is 0.0148. The van der Waals surface area contributed by atoms with Crippen molar-refractivity contribution in [2.45, 2.75) is 25.6 Å². The summed E-state index contributed by atoms with van der Waals surface area (Å²) in [6.07, 6.45) is -1.30. The van der Waals surface area contributed by atoms with Crippen molar-refractivity contribution in [1.82, 2.24) is 5.32 Å². The topological polar surface area (TPSA) is 67.8 Å². The highest BCUT2D eigenvalue weighted by molar-refractivity contribution is 5.75. The molecule has 0 saturated heterocycles. The number of methoxy groups -OCH3 is 1. The zero-order valence-electron chi connectivity index (χ0n) is 13.9. The van der Waals surface area contributed by atoms with Crippen molar-refractivity contribution >= 4 is 5.97 Å². The summed E-state index contributed by atoms with van der Waals surface area (Å²) in [6.45, 7) is 2.45. The highest BCUT2D eigenvalue weighted by Gasteiger charge is 2.28. The van der Waals surface area contributed by atoms with Crippen molar-refractivity contribution < 1.29 is 19.4 Å². The quantitative estimate of drug-likeness (QED) is 0.728. The summed E-state index contributed by atoms with van der Waals surface area (Å²) in [5.41, 5.74) is 1.81. The van der Waals surface area contributed by atoms with Crippen LogP contribution in [-0.2, 0) is 16.1 Å². The number of rotatable bonds is 8. The van der Waals surface area contributed by atoms with Gasteiger partial charge in [0.05, 0.1) is 19.8 Å². The molecule has 2 N–H and O–H groups in total. The van der Waals surface area contributed by atoms with Crippen LogP contribution in [0.5, 0.6) is 5.75 Å². The van der Waals surface area contributed by atoms with E-state index in [4.69, 9.17) is 9.47 Å². The van der Waals surface area contributed by atoms with Gasteiger partial charge in [0, 0.05) is 6.54 Å². The van der Waals surface area contributed by atoms with Crippen LogP contribution in [0.15, 0.2) is 54.6 Å². The van der Waals surface area contributed by atoms with Gasteiger partial charge < -0.3 is 19.9 Å². The van der Waals surface area contributed by atoms with Gasteiger partial charge in [0.1, 0.15) is 5.75 Å². The Balaban J connectivity index is 2.21. The average Bonchev–Trinajstić information content (AvgIpc) is 2.63. The summed E-state index contributed by atoms with van der Waals surface area (Å²) in [5, 5.41) is 13.7. The molecular formula is C19H23NO4. The number of benzene rings is 2. The zero-order chi connectivity index (χ0) is 17.4. The van der Waals surface area contributed by atoms with Gasteiger partial charge >= 0.3 is 5.97 Å². The predicted molar refractivity (Wildman–Crippen MR) is 91.7 cm³/mol. The van der Waals surface area contributed by atoms with Crippen molar-refractivity contribution in [3.63, 3.8) is 0 Å². The van der Waals surface area contributed by atoms with Crippen molar-refractivity contribution in [1.29, 1.82) is 0 Å². The van der Waals surface area contributed by atoms with Crippen LogP contribution in [0, 0.1) is 0 Å². The molecule has 0 fully saturated rings. The Morgan fingerprint density at radius 2 is 1.92 bits per heavy atom. The molecular weight excluding hydrogens is 306 g/mol. The fourth-order valence-electron chi connectivity index (χ4n) is 2.43. The Labute approximate surface area is 142 Å². The van der Waals surface area contributed by atoms with E-state index in [1.807, 2.05) is 48.5 Å². The van der Waals surface area contributed by atoms with Gasteiger partial charge in [-0.05, 0) is 30.2 Å². The van der Waals surface area contributed by atoms with Crippen molar-refractivity contribution in [3.05, 3.63) is 65.7 Å². The lowest BCUT2D eigenvalue weighted by Crippen LogP contribution is -2.38. The monoisotopic (exact) mass is 329 g/mol. The largest absolute Gasteiger partial charge is 0.497 e. The van der Waals surface area contributed by atoms with Crippen LogP contribution in [-0.4, -0.2) is 30.9 Å². The molecule has 0 aliphatic rings. The third-order valence-corrected chi connectivity index (χ3v) is 3.67. The van der Waals surface area contributed by atoms with Crippen LogP contribution >= 0.6 is 0 Å². The number of carbonyl (C=O) groups is 1. The summed E-state index contributed by atoms with van der Waals surface area (Å²) < 4.78 is 10.2. The molecule has 0 aliphatic heterocycles. The van der Waals surface area contributed by atoms with Gasteiger partial charge in [0.25, 0.3) is 0 Å². The van der Waals surface area contributed by atoms with Crippen LogP contribution in [0.2, 0.25) is 0 Å². The molecule has 0 radical (unpaired) electrons. The molecule has 24 heavy (non-hydrogen) atoms. The number of carbonyl (C=O) groups excluding carboxylic acids is 1. The maximum absolute atomic E-state index is 12.0. The molecule has 0 saturated carbocycles. The van der Waals surface area contributed by atoms with E-state index in [-0.39, 0.29) is 6.61 Å². The van der Waals surface area contributed by atoms with E-state index in [2.05, 4.69) is 5.32 Å². The highest BCUT2D eigenvalue weighted by Crippen LogP contribution is 2.23. The fraction of sp³-hybridized carbons (Fsp3) is 0.316. The molecule has 0 heterocycles. The second-order valence-electron chi connectivity index (χ2n) is 5.32. The van der Waals surface area contributed by atoms with Crippen LogP contribution in [0.25, 0.3) is 0 Å². The first-order chi connectivity index (χ1) is 11.7. The Morgan fingerprint density at radius 3 is 2.58 bits per heavy atom. The molecule has 2 rings (SSSR count). The number of aliphatic hydroxyl groups excluding tert-OH is 1. The second kappa shape index (κ2) is 9.05. The second-order valence-corrected chi connectivity index (χ2v) is 5.32. The summed E-state index contributed by atoms with van der Waals surface area (Å²) in [7, 11) is 1.58. The van der Waals surface area contributed by atoms with Crippen molar-refractivity contribution in [2.75, 3.05) is 13.7 Å². The van der Waals surface area contributed by atoms with E-state index in [0.717, 1.165) is 11.1 Å². The molecule has 2 aromatic carbocycles. The zero-order valence-corrected chi connectivity index (χ0v) is 13.9. The number of aliphatic hydroxyl groups is 1. The lowest BCUT2D eigenvalue weighted by molar-refractivity contribution is -0.154. The van der Waals surface area contributed by atoms with Gasteiger partial charge in [-0.3, -0.25) is 0 Å². The number of ether oxygens (including phenoxy) is 2. The lowest BCUT2D eigenvalue weighted by atomic mass is 10.0. The number of nitrogens with one attached hydrogen (secondary N) is 1. The van der Waals surface area contributed by atoms with Gasteiger partial charge in [0.2, 0.25) is 0 Å². The van der Waals surface area contributed by atoms with E-state index in [0.29, 0.717) is 12.3 Å². The first kappa shape index (κ1) is 18.0. The first-order valence-corrected chi connectivity index (χ1v) is 7.91. The van der Waals surface area contributed by atoms with Gasteiger partial charge in [-0.25, -0.2) is 4.79 Å². The van der Waals surface area contributed by atoms with Crippen molar-refractivity contribution in [3.8, 4) is 5.75 Å². The van der Waals surface area contributed by atoms with E-state index in [1.165, 1.54) is 0 Å². The maximum Gasteiger partial charge on any atom is 0.336 e. The van der Waals surface area contributed by atoms with Crippen molar-refractivity contribution in [2.24, 2.45) is 0 Å². The predicted octanol–water partition coefficient (Wildman–Crippen LogP) is 2.45. The highest BCUT2D eigenvalue weighted by atomic mass is 16.5. The first-order valence-electron chi connectivity index (χ1n) is 7.91. The smallest absolute Gasteiger partial charge is 0.336 e. The molecule has 2 atom stereocenters. The van der Waals surface area contributed by atoms with E-state index in [9.17, 15) is 9.90 Å². The number of esters is 1. The third-order valence-electron chi connectivity index (χ3n) is 3.67. The van der Waals surface area contributed by atoms with Gasteiger partial charge in [0.15, 0.2) is 6.10 Å². The molecule has 0 unspecified atom stereocenters. The molecule has 0 bridgehead atoms. The lowest BCUT2D eigenvalue weighted by Gasteiger charge is -2.24. The van der Waals surface area contributed by atoms with Crippen LogP contribution in [0.1, 0.15) is 24.1 Å². The fourth-order valence-corrected chi connectivity index (χ4v) is 2.43. The maximum atomic E-state index is 12.0. The van der Waals surface area contributed by atoms with Crippen LogP contribution in [0.4, 0.5) is 0 Å². The van der Waals surface area contributed by atoms with Crippen LogP contribution in [0.3, 0.4) is 0 Å². The minimum absolute atomic E-state index is 0.222. The molecule has 0 amide bonds. The standard InChI is InChI=1S/C19H23NO4/c1-3-24-19(22)18(21)17(15-10-7-11-16(12-15)23-2)20-13-14-8-5-4-6-9-14/h4-12,17-18,20-21H,3,13H2,1-2H3/t17-,18+/m0/s1. The van der Waals surface area contributed by atoms with E-state index >= 15 is 0 Å². The molecule has 128 valence electrons. The Bertz CT molecular complexity index is 645. The summed E-state index contributed by atoms with van der Waals surface area (Å²) in [4.78, 5) is 12.0. The molecule has 5 nitrogen and oxygen atoms in total. The summed E-state index contributed by atoms with van der Waals surface area (Å²) >= 11 is 0. The summed E-state index contributed by atoms with van der Waals surface area (Å²) in [6, 6.07) is 16.5. The Kier molecular flexibility index (Phi) is 6.78. The minimum atomic E-state index is -1.30. The molecule has 5 heteroatoms. The average molecular weight is 329 g/mol. The number of hydrogen-bond acceptors (Lipinski definition) is 5. The molecule has 0 aromatic heterocycles. The normalized spacial score (nSPS) is 13.1. The molecule has 2 aromatic rings. The van der Waals surface area contributed by atoms with Gasteiger partial charge in [-0.15, -0.1) is 0 Å².